The van der Waals surface area contributed by atoms with Crippen LogP contribution in [0.5, 0.6) is 5.75 Å². The van der Waals surface area contributed by atoms with Crippen molar-refractivity contribution in [3.8, 4) is 5.75 Å². The van der Waals surface area contributed by atoms with Crippen molar-refractivity contribution in [1.82, 2.24) is 0 Å². The van der Waals surface area contributed by atoms with Crippen LogP contribution in [-0.4, -0.2) is 36.8 Å². The number of hydrogen-bond acceptors (Lipinski definition) is 5. The predicted octanol–water partition coefficient (Wildman–Crippen LogP) is 2.54. The summed E-state index contributed by atoms with van der Waals surface area (Å²) in [6.07, 6.45) is -6.64. The minimum atomic E-state index is -4.90. The maximum absolute atomic E-state index is 14.2. The third-order valence-electron chi connectivity index (χ3n) is 5.34. The number of primary amides is 1. The molecule has 8 nitrogen and oxygen atoms in total. The number of anilines is 1. The summed E-state index contributed by atoms with van der Waals surface area (Å²) in [5.41, 5.74) is 1.43. The Morgan fingerprint density at radius 3 is 2.55 bits per heavy atom. The molecule has 33 heavy (non-hydrogen) atoms. The maximum atomic E-state index is 14.2. The van der Waals surface area contributed by atoms with Gasteiger partial charge in [-0.2, -0.15) is 22.3 Å². The van der Waals surface area contributed by atoms with Gasteiger partial charge in [0.2, 0.25) is 5.82 Å². The Morgan fingerprint density at radius 2 is 1.97 bits per heavy atom. The number of nitrogens with two attached hydrogens (primary N) is 1. The number of ether oxygens (including phenoxy) is 2. The van der Waals surface area contributed by atoms with E-state index in [1.807, 2.05) is 0 Å². The highest BCUT2D eigenvalue weighted by molar-refractivity contribution is 5.97. The molecule has 2 amide bonds. The number of nitrogens with one attached hydrogen (secondary N) is 1. The van der Waals surface area contributed by atoms with Crippen molar-refractivity contribution in [1.29, 1.82) is 0 Å². The summed E-state index contributed by atoms with van der Waals surface area (Å²) in [6, 6.07) is 3.73. The molecule has 0 bridgehead atoms. The van der Waals surface area contributed by atoms with E-state index in [4.69, 9.17) is 15.2 Å². The van der Waals surface area contributed by atoms with Gasteiger partial charge in [-0.05, 0) is 19.4 Å². The molecule has 1 aliphatic rings. The first-order chi connectivity index (χ1) is 15.3. The van der Waals surface area contributed by atoms with Crippen LogP contribution in [0.25, 0.3) is 0 Å². The van der Waals surface area contributed by atoms with Gasteiger partial charge in [-0.25, -0.2) is 4.39 Å². The minimum Gasteiger partial charge on any atom is -0.618 e. The Morgan fingerprint density at radius 1 is 1.30 bits per heavy atom. The van der Waals surface area contributed by atoms with Gasteiger partial charge in [-0.3, -0.25) is 9.59 Å². The van der Waals surface area contributed by atoms with Gasteiger partial charge < -0.3 is 25.7 Å². The second-order valence-corrected chi connectivity index (χ2v) is 7.54. The summed E-state index contributed by atoms with van der Waals surface area (Å²) >= 11 is 0. The summed E-state index contributed by atoms with van der Waals surface area (Å²) in [5.74, 6) is -6.94. The molecule has 1 aromatic carbocycles. The molecule has 178 valence electrons. The molecule has 3 N–H and O–H groups in total. The summed E-state index contributed by atoms with van der Waals surface area (Å²) in [4.78, 5) is 24.3. The van der Waals surface area contributed by atoms with Crippen LogP contribution < -0.4 is 20.5 Å². The molecule has 2 heterocycles. The van der Waals surface area contributed by atoms with E-state index in [-0.39, 0.29) is 16.0 Å². The van der Waals surface area contributed by atoms with Gasteiger partial charge in [0.25, 0.3) is 11.6 Å². The highest BCUT2D eigenvalue weighted by atomic mass is 19.4. The van der Waals surface area contributed by atoms with Crippen molar-refractivity contribution in [3.63, 3.8) is 0 Å². The largest absolute Gasteiger partial charge is 0.618 e. The first-order valence-corrected chi connectivity index (χ1v) is 9.39. The van der Waals surface area contributed by atoms with E-state index in [9.17, 15) is 36.7 Å². The lowest BCUT2D eigenvalue weighted by Crippen LogP contribution is -2.43. The normalized spacial score (nSPS) is 22.8. The predicted molar refractivity (Wildman–Crippen MR) is 102 cm³/mol. The van der Waals surface area contributed by atoms with Gasteiger partial charge in [0.1, 0.15) is 6.10 Å². The SMILES string of the molecule is COc1c([C@H]2C[C@@](C)(C(F)(F)F)O[C@H]2C(=O)Nc2cc[n+]([O-])c(C(N)=O)c2)ccc(F)c1F. The number of methoxy groups -OCH3 is 1. The zero-order chi connectivity index (χ0) is 24.7. The van der Waals surface area contributed by atoms with Crippen molar-refractivity contribution in [2.45, 2.75) is 37.1 Å². The van der Waals surface area contributed by atoms with E-state index >= 15 is 0 Å². The molecular weight excluding hydrogens is 457 g/mol. The fraction of sp³-hybridized carbons (Fsp3) is 0.350. The summed E-state index contributed by atoms with van der Waals surface area (Å²) in [6.45, 7) is 0.730. The number of carbonyl (C=O) groups excluding carboxylic acids is 2. The van der Waals surface area contributed by atoms with E-state index in [1.165, 1.54) is 0 Å². The zero-order valence-electron chi connectivity index (χ0n) is 17.2. The Hall–Kier alpha value is -3.48. The third-order valence-corrected chi connectivity index (χ3v) is 5.34. The Labute approximate surface area is 183 Å². The van der Waals surface area contributed by atoms with E-state index < -0.39 is 65.1 Å². The smallest absolute Gasteiger partial charge is 0.417 e. The van der Waals surface area contributed by atoms with Gasteiger partial charge in [-0.1, -0.05) is 6.07 Å². The molecule has 1 saturated heterocycles. The van der Waals surface area contributed by atoms with Crippen LogP contribution in [0.15, 0.2) is 30.5 Å². The molecule has 1 fully saturated rings. The number of amides is 2. The van der Waals surface area contributed by atoms with Gasteiger partial charge in [0.15, 0.2) is 23.4 Å². The molecule has 13 heteroatoms. The number of rotatable bonds is 5. The number of benzene rings is 1. The molecule has 0 spiro atoms. The number of aromatic nitrogens is 1. The van der Waals surface area contributed by atoms with Crippen LogP contribution in [0.4, 0.5) is 27.6 Å². The molecule has 0 unspecified atom stereocenters. The van der Waals surface area contributed by atoms with E-state index in [0.717, 1.165) is 38.4 Å². The van der Waals surface area contributed by atoms with Crippen molar-refractivity contribution in [2.24, 2.45) is 5.73 Å². The van der Waals surface area contributed by atoms with Crippen molar-refractivity contribution >= 4 is 17.5 Å². The molecular formula is C20H18F5N3O5. The monoisotopic (exact) mass is 475 g/mol. The summed E-state index contributed by atoms with van der Waals surface area (Å²) in [7, 11) is 1.00. The first kappa shape index (κ1) is 24.2. The quantitative estimate of drug-likeness (QED) is 0.392. The van der Waals surface area contributed by atoms with Gasteiger partial charge in [-0.15, -0.1) is 0 Å². The minimum absolute atomic E-state index is 0.124. The van der Waals surface area contributed by atoms with Crippen LogP contribution in [0, 0.1) is 16.8 Å². The lowest BCUT2D eigenvalue weighted by atomic mass is 9.85. The van der Waals surface area contributed by atoms with Crippen LogP contribution >= 0.6 is 0 Å². The average Bonchev–Trinajstić information content (AvgIpc) is 3.10. The molecule has 1 aromatic heterocycles. The lowest BCUT2D eigenvalue weighted by molar-refractivity contribution is -0.607. The molecule has 2 aromatic rings. The average molecular weight is 475 g/mol. The second-order valence-electron chi connectivity index (χ2n) is 7.54. The number of pyridine rings is 1. The van der Waals surface area contributed by atoms with Gasteiger partial charge >= 0.3 is 12.1 Å². The second kappa shape index (κ2) is 8.46. The van der Waals surface area contributed by atoms with E-state index in [0.29, 0.717) is 6.07 Å². The zero-order valence-corrected chi connectivity index (χ0v) is 17.2. The maximum Gasteiger partial charge on any atom is 0.417 e. The van der Waals surface area contributed by atoms with Crippen LogP contribution in [0.1, 0.15) is 35.3 Å². The van der Waals surface area contributed by atoms with Crippen molar-refractivity contribution in [3.05, 3.63) is 58.6 Å². The highest BCUT2D eigenvalue weighted by Gasteiger charge is 2.61. The van der Waals surface area contributed by atoms with Crippen LogP contribution in [-0.2, 0) is 9.53 Å². The topological polar surface area (TPSA) is 118 Å². The summed E-state index contributed by atoms with van der Waals surface area (Å²) in [5, 5.41) is 13.8. The molecule has 1 aliphatic heterocycles. The fourth-order valence-corrected chi connectivity index (χ4v) is 3.63. The number of carbonyl (C=O) groups is 2. The Balaban J connectivity index is 2.02. The number of alkyl halides is 3. The number of hydrogen-bond donors (Lipinski definition) is 2. The first-order valence-electron chi connectivity index (χ1n) is 9.39. The lowest BCUT2D eigenvalue weighted by Gasteiger charge is -2.27. The van der Waals surface area contributed by atoms with Crippen LogP contribution in [0.2, 0.25) is 0 Å². The molecule has 0 radical (unpaired) electrons. The van der Waals surface area contributed by atoms with Crippen LogP contribution in [0.3, 0.4) is 0 Å². The van der Waals surface area contributed by atoms with E-state index in [1.54, 1.807) is 0 Å². The molecule has 3 rings (SSSR count). The number of nitrogens with zero attached hydrogens (tertiary/aromatic N) is 1. The molecule has 3 atom stereocenters. The fourth-order valence-electron chi connectivity index (χ4n) is 3.63. The Bertz CT molecular complexity index is 1110. The van der Waals surface area contributed by atoms with Crippen molar-refractivity contribution < 1.29 is 45.7 Å². The van der Waals surface area contributed by atoms with Gasteiger partial charge in [0, 0.05) is 23.6 Å². The molecule has 0 saturated carbocycles. The third kappa shape index (κ3) is 4.40. The van der Waals surface area contributed by atoms with Crippen molar-refractivity contribution in [2.75, 3.05) is 12.4 Å². The summed E-state index contributed by atoms with van der Waals surface area (Å²) < 4.78 is 79.1. The van der Waals surface area contributed by atoms with Gasteiger partial charge in [0.05, 0.1) is 12.8 Å². The highest BCUT2D eigenvalue weighted by Crippen LogP contribution is 2.51. The standard InChI is InChI=1S/C20H18F5N3O5/c1-19(20(23,24)25)8-11(10-3-4-12(21)14(22)15(10)32-2)16(33-19)18(30)27-9-5-6-28(31)13(7-9)17(26)29/h3-7,11,16H,8H2,1-2H3,(H2,26,29)(H,27,30)/t11-,16-,19+/m1/s1. The molecule has 0 aliphatic carbocycles. The van der Waals surface area contributed by atoms with E-state index in [2.05, 4.69) is 5.32 Å². The number of halogens is 5. The Kier molecular flexibility index (Phi) is 6.20.